The molecule has 0 bridgehead atoms. The Balaban J connectivity index is 1.30. The first-order valence-electron chi connectivity index (χ1n) is 14.0. The third-order valence-corrected chi connectivity index (χ3v) is 8.59. The van der Waals surface area contributed by atoms with Crippen LogP contribution in [0.25, 0.3) is 38.2 Å². The average molecular weight is 496 g/mol. The van der Waals surface area contributed by atoms with E-state index in [0.717, 1.165) is 58.4 Å². The third-order valence-electron chi connectivity index (χ3n) is 8.59. The first-order valence-corrected chi connectivity index (χ1v) is 14.0. The Labute approximate surface area is 219 Å². The van der Waals surface area contributed by atoms with Gasteiger partial charge in [0.1, 0.15) is 5.65 Å². The van der Waals surface area contributed by atoms with Crippen molar-refractivity contribution >= 4 is 22.1 Å². The molecule has 6 nitrogen and oxygen atoms in total. The van der Waals surface area contributed by atoms with Crippen LogP contribution in [0.15, 0.2) is 36.7 Å². The van der Waals surface area contributed by atoms with Gasteiger partial charge in [0.05, 0.1) is 16.7 Å². The van der Waals surface area contributed by atoms with E-state index in [-0.39, 0.29) is 6.67 Å². The number of aromatic nitrogens is 4. The molecule has 0 spiro atoms. The largest absolute Gasteiger partial charge is 0.381 e. The number of hydrogen-bond acceptors (Lipinski definition) is 3. The van der Waals surface area contributed by atoms with E-state index in [2.05, 4.69) is 53.1 Å². The van der Waals surface area contributed by atoms with E-state index >= 15 is 0 Å². The zero-order chi connectivity index (χ0) is 25.4. The van der Waals surface area contributed by atoms with Crippen molar-refractivity contribution in [3.63, 3.8) is 0 Å². The lowest BCUT2D eigenvalue weighted by Gasteiger charge is -2.32. The molecule has 37 heavy (non-hydrogen) atoms. The summed E-state index contributed by atoms with van der Waals surface area (Å²) >= 11 is 0. The molecule has 1 aliphatic heterocycles. The fourth-order valence-electron chi connectivity index (χ4n) is 6.77. The molecular formula is C31H37N5O. The normalized spacial score (nSPS) is 22.6. The van der Waals surface area contributed by atoms with E-state index in [1.807, 2.05) is 10.6 Å². The van der Waals surface area contributed by atoms with Gasteiger partial charge in [-0.2, -0.15) is 0 Å². The summed E-state index contributed by atoms with van der Waals surface area (Å²) in [4.78, 5) is 17.2. The molecule has 4 aromatic heterocycles. The quantitative estimate of drug-likeness (QED) is 0.279. The maximum atomic E-state index is 7.38. The van der Waals surface area contributed by atoms with Crippen molar-refractivity contribution in [3.8, 4) is 11.3 Å². The zero-order valence-corrected chi connectivity index (χ0v) is 22.0. The van der Waals surface area contributed by atoms with Crippen LogP contribution >= 0.6 is 0 Å². The first kappa shape index (κ1) is 24.2. The number of rotatable bonds is 6. The smallest absolute Gasteiger partial charge is 0.294 e. The molecule has 1 N–H and O–H groups in total. The van der Waals surface area contributed by atoms with Crippen LogP contribution in [0.3, 0.4) is 0 Å². The minimum atomic E-state index is 0.267. The number of nitrogens with zero attached hydrogens (tertiary/aromatic N) is 4. The topological polar surface area (TPSA) is 60.1 Å². The van der Waals surface area contributed by atoms with Gasteiger partial charge in [0.25, 0.3) is 6.67 Å². The number of nitrogens with one attached hydrogen (secondary N) is 1. The summed E-state index contributed by atoms with van der Waals surface area (Å²) in [5.74, 6) is 2.48. The second kappa shape index (κ2) is 10.3. The number of ether oxygens (including phenoxy) is 1. The van der Waals surface area contributed by atoms with Crippen molar-refractivity contribution in [1.29, 1.82) is 0 Å². The lowest BCUT2D eigenvalue weighted by Crippen LogP contribution is -2.22. The Bertz CT molecular complexity index is 1430. The van der Waals surface area contributed by atoms with Gasteiger partial charge in [-0.25, -0.2) is 11.6 Å². The molecule has 0 radical (unpaired) electrons. The second-order valence-electron chi connectivity index (χ2n) is 11.4. The summed E-state index contributed by atoms with van der Waals surface area (Å²) in [6, 6.07) is 8.55. The van der Waals surface area contributed by atoms with E-state index in [4.69, 9.17) is 16.3 Å². The standard InChI is InChI=1S/C31H37N5O/c1-20(2)28-29(25-17-36(19-32-3)31-24(25)7-4-14-33-31)35-27-13-12-26(34-30(27)28)23-10-8-21(9-11-23)16-22-6-5-15-37-18-22/h4,7,12-14,17,20-23,35H,5-6,8-11,15-16,18-19H2,1-2H3. The molecule has 2 aliphatic rings. The van der Waals surface area contributed by atoms with Crippen LogP contribution in [0, 0.1) is 18.4 Å². The highest BCUT2D eigenvalue weighted by atomic mass is 16.5. The summed E-state index contributed by atoms with van der Waals surface area (Å²) in [7, 11) is 0. The Kier molecular flexibility index (Phi) is 6.73. The number of pyridine rings is 2. The monoisotopic (exact) mass is 495 g/mol. The van der Waals surface area contributed by atoms with Gasteiger partial charge in [0.2, 0.25) is 0 Å². The van der Waals surface area contributed by atoms with Gasteiger partial charge in [0, 0.05) is 53.7 Å². The molecule has 1 aliphatic carbocycles. The number of H-pyrrole nitrogens is 1. The fraction of sp³-hybridized carbons (Fsp3) is 0.516. The van der Waals surface area contributed by atoms with E-state index in [1.165, 1.54) is 56.2 Å². The molecule has 1 saturated heterocycles. The molecule has 0 amide bonds. The van der Waals surface area contributed by atoms with Crippen molar-refractivity contribution in [2.75, 3.05) is 13.2 Å². The Morgan fingerprint density at radius 1 is 1.14 bits per heavy atom. The predicted molar refractivity (Wildman–Crippen MR) is 148 cm³/mol. The van der Waals surface area contributed by atoms with Crippen molar-refractivity contribution in [2.45, 2.75) is 77.3 Å². The molecular weight excluding hydrogens is 458 g/mol. The van der Waals surface area contributed by atoms with Crippen LogP contribution in [0.4, 0.5) is 0 Å². The van der Waals surface area contributed by atoms with Crippen LogP contribution in [-0.4, -0.2) is 32.7 Å². The second-order valence-corrected chi connectivity index (χ2v) is 11.4. The number of hydrogen-bond donors (Lipinski definition) is 1. The van der Waals surface area contributed by atoms with Gasteiger partial charge < -0.3 is 9.72 Å². The molecule has 0 aromatic carbocycles. The minimum Gasteiger partial charge on any atom is -0.381 e. The van der Waals surface area contributed by atoms with Crippen molar-refractivity contribution in [3.05, 3.63) is 59.3 Å². The van der Waals surface area contributed by atoms with Crippen LogP contribution in [0.1, 0.15) is 81.9 Å². The van der Waals surface area contributed by atoms with Crippen LogP contribution in [0.5, 0.6) is 0 Å². The van der Waals surface area contributed by atoms with E-state index < -0.39 is 0 Å². The number of aromatic amines is 1. The minimum absolute atomic E-state index is 0.267. The Morgan fingerprint density at radius 2 is 2.00 bits per heavy atom. The van der Waals surface area contributed by atoms with Crippen LogP contribution < -0.4 is 0 Å². The molecule has 4 aromatic rings. The molecule has 1 saturated carbocycles. The van der Waals surface area contributed by atoms with Gasteiger partial charge in [-0.3, -0.25) is 14.4 Å². The third kappa shape index (κ3) is 4.66. The summed E-state index contributed by atoms with van der Waals surface area (Å²) in [6.45, 7) is 14.1. The van der Waals surface area contributed by atoms with Gasteiger partial charge >= 0.3 is 0 Å². The number of fused-ring (bicyclic) bond motifs is 2. The van der Waals surface area contributed by atoms with Crippen LogP contribution in [-0.2, 0) is 11.4 Å². The highest BCUT2D eigenvalue weighted by molar-refractivity contribution is 5.98. The molecule has 6 heteroatoms. The van der Waals surface area contributed by atoms with Gasteiger partial charge in [-0.15, -0.1) is 0 Å². The zero-order valence-electron chi connectivity index (χ0n) is 22.0. The lowest BCUT2D eigenvalue weighted by molar-refractivity contribution is 0.0419. The van der Waals surface area contributed by atoms with Crippen molar-refractivity contribution in [2.24, 2.45) is 11.8 Å². The molecule has 1 atom stereocenters. The fourth-order valence-corrected chi connectivity index (χ4v) is 6.77. The van der Waals surface area contributed by atoms with Crippen molar-refractivity contribution < 1.29 is 4.74 Å². The summed E-state index contributed by atoms with van der Waals surface area (Å²) in [5, 5.41) is 1.07. The summed E-state index contributed by atoms with van der Waals surface area (Å²) in [5.41, 5.74) is 7.75. The molecule has 192 valence electrons. The molecule has 1 unspecified atom stereocenters. The van der Waals surface area contributed by atoms with Crippen molar-refractivity contribution in [1.82, 2.24) is 19.5 Å². The summed E-state index contributed by atoms with van der Waals surface area (Å²) < 4.78 is 7.67. The average Bonchev–Trinajstić information content (AvgIpc) is 3.48. The lowest BCUT2D eigenvalue weighted by atomic mass is 9.76. The van der Waals surface area contributed by atoms with E-state index in [1.54, 1.807) is 6.20 Å². The van der Waals surface area contributed by atoms with Crippen LogP contribution in [0.2, 0.25) is 0 Å². The molecule has 5 heterocycles. The van der Waals surface area contributed by atoms with E-state index in [0.29, 0.717) is 11.8 Å². The van der Waals surface area contributed by atoms with Gasteiger partial charge in [-0.05, 0) is 87.0 Å². The maximum Gasteiger partial charge on any atom is 0.294 e. The predicted octanol–water partition coefficient (Wildman–Crippen LogP) is 7.67. The summed E-state index contributed by atoms with van der Waals surface area (Å²) in [6.07, 6.45) is 12.9. The highest BCUT2D eigenvalue weighted by Crippen LogP contribution is 2.42. The molecule has 6 rings (SSSR count). The highest BCUT2D eigenvalue weighted by Gasteiger charge is 2.28. The maximum absolute atomic E-state index is 7.38. The van der Waals surface area contributed by atoms with Gasteiger partial charge in [-0.1, -0.05) is 13.8 Å². The van der Waals surface area contributed by atoms with Gasteiger partial charge in [0.15, 0.2) is 0 Å². The SMILES string of the molecule is [C-]#[N+]Cn1cc(-c2[nH]c3ccc(C4CCC(CC5CCCOC5)CC4)nc3c2C(C)C)c2cccnc21. The first-order chi connectivity index (χ1) is 18.1. The van der Waals surface area contributed by atoms with E-state index in [9.17, 15) is 0 Å². The molecule has 2 fully saturated rings. The Hall–Kier alpha value is -3.17. The Morgan fingerprint density at radius 3 is 2.76 bits per heavy atom.